The van der Waals surface area contributed by atoms with Crippen LogP contribution < -0.4 is 0 Å². The van der Waals surface area contributed by atoms with E-state index in [1.807, 2.05) is 31.2 Å². The second-order valence-corrected chi connectivity index (χ2v) is 8.34. The van der Waals surface area contributed by atoms with E-state index in [0.29, 0.717) is 0 Å². The van der Waals surface area contributed by atoms with Gasteiger partial charge in [-0.3, -0.25) is 4.18 Å². The lowest BCUT2D eigenvalue weighted by molar-refractivity contribution is 0.307. The van der Waals surface area contributed by atoms with Gasteiger partial charge in [-0.1, -0.05) is 72.3 Å². The van der Waals surface area contributed by atoms with Gasteiger partial charge in [-0.2, -0.15) is 8.42 Å². The maximum Gasteiger partial charge on any atom is 0.297 e. The van der Waals surface area contributed by atoms with E-state index < -0.39 is 10.1 Å². The highest BCUT2D eigenvalue weighted by atomic mass is 32.2. The van der Waals surface area contributed by atoms with Crippen molar-refractivity contribution < 1.29 is 12.6 Å². The zero-order valence-corrected chi connectivity index (χ0v) is 15.9. The van der Waals surface area contributed by atoms with Crippen LogP contribution in [0.15, 0.2) is 71.6 Å². The van der Waals surface area contributed by atoms with E-state index in [2.05, 4.69) is 30.4 Å². The second kappa shape index (κ2) is 7.14. The summed E-state index contributed by atoms with van der Waals surface area (Å²) < 4.78 is 30.3. The minimum atomic E-state index is -3.79. The molecule has 1 aliphatic rings. The monoisotopic (exact) mass is 376 g/mol. The van der Waals surface area contributed by atoms with Crippen LogP contribution in [0.2, 0.25) is 0 Å². The highest BCUT2D eigenvalue weighted by Gasteiger charge is 2.17. The highest BCUT2D eigenvalue weighted by molar-refractivity contribution is 7.86. The SMILES string of the molecule is Cc1ccc(S(=O)(=O)OCc2cccc3c2C=Cc2ccccc2C3)cc1. The van der Waals surface area contributed by atoms with Crippen LogP contribution in [-0.4, -0.2) is 8.42 Å². The minimum absolute atomic E-state index is 0.0140. The van der Waals surface area contributed by atoms with Crippen LogP contribution >= 0.6 is 0 Å². The van der Waals surface area contributed by atoms with Crippen molar-refractivity contribution in [1.82, 2.24) is 0 Å². The van der Waals surface area contributed by atoms with Crippen molar-refractivity contribution in [2.75, 3.05) is 0 Å². The van der Waals surface area contributed by atoms with Gasteiger partial charge in [-0.05, 0) is 53.3 Å². The second-order valence-electron chi connectivity index (χ2n) is 6.73. The molecule has 0 heterocycles. The third-order valence-corrected chi connectivity index (χ3v) is 6.11. The predicted molar refractivity (Wildman–Crippen MR) is 108 cm³/mol. The zero-order chi connectivity index (χ0) is 18.9. The predicted octanol–water partition coefficient (Wildman–Crippen LogP) is 4.98. The van der Waals surface area contributed by atoms with E-state index in [4.69, 9.17) is 4.18 Å². The van der Waals surface area contributed by atoms with Gasteiger partial charge in [0.15, 0.2) is 0 Å². The van der Waals surface area contributed by atoms with Gasteiger partial charge in [0.25, 0.3) is 10.1 Å². The van der Waals surface area contributed by atoms with Crippen molar-refractivity contribution in [3.63, 3.8) is 0 Å². The minimum Gasteiger partial charge on any atom is -0.262 e. The van der Waals surface area contributed by atoms with Crippen molar-refractivity contribution in [3.8, 4) is 0 Å². The number of benzene rings is 3. The van der Waals surface area contributed by atoms with E-state index in [0.717, 1.165) is 23.1 Å². The summed E-state index contributed by atoms with van der Waals surface area (Å²) in [7, 11) is -3.79. The quantitative estimate of drug-likeness (QED) is 0.472. The standard InChI is InChI=1S/C23H20O3S/c1-17-9-12-22(13-10-17)27(24,25)26-16-21-8-4-7-20-15-19-6-3-2-5-18(19)11-14-23(20)21/h2-14H,15-16H2,1H3. The Morgan fingerprint density at radius 1 is 0.852 bits per heavy atom. The Morgan fingerprint density at radius 2 is 1.59 bits per heavy atom. The topological polar surface area (TPSA) is 43.4 Å². The van der Waals surface area contributed by atoms with Crippen LogP contribution in [0.3, 0.4) is 0 Å². The fourth-order valence-corrected chi connectivity index (χ4v) is 4.20. The fourth-order valence-electron chi connectivity index (χ4n) is 3.31. The van der Waals surface area contributed by atoms with Crippen molar-refractivity contribution >= 4 is 22.3 Å². The first kappa shape index (κ1) is 17.7. The molecule has 3 aromatic rings. The Morgan fingerprint density at radius 3 is 2.41 bits per heavy atom. The first-order valence-electron chi connectivity index (χ1n) is 8.86. The van der Waals surface area contributed by atoms with E-state index in [1.165, 1.54) is 16.7 Å². The largest absolute Gasteiger partial charge is 0.297 e. The van der Waals surface area contributed by atoms with Gasteiger partial charge in [-0.25, -0.2) is 0 Å². The Labute approximate surface area is 160 Å². The van der Waals surface area contributed by atoms with Crippen LogP contribution in [0, 0.1) is 6.92 Å². The summed E-state index contributed by atoms with van der Waals surface area (Å²) in [5.74, 6) is 0. The summed E-state index contributed by atoms with van der Waals surface area (Å²) in [4.78, 5) is 0.179. The number of rotatable bonds is 4. The highest BCUT2D eigenvalue weighted by Crippen LogP contribution is 2.28. The van der Waals surface area contributed by atoms with E-state index >= 15 is 0 Å². The summed E-state index contributed by atoms with van der Waals surface area (Å²) in [6.07, 6.45) is 4.95. The molecule has 0 amide bonds. The molecular formula is C23H20O3S. The third-order valence-electron chi connectivity index (χ3n) is 4.83. The molecule has 0 aliphatic heterocycles. The molecule has 3 aromatic carbocycles. The molecule has 0 atom stereocenters. The zero-order valence-electron chi connectivity index (χ0n) is 15.1. The molecule has 0 spiro atoms. The number of hydrogen-bond acceptors (Lipinski definition) is 3. The Bertz CT molecular complexity index is 1110. The summed E-state index contributed by atoms with van der Waals surface area (Å²) >= 11 is 0. The van der Waals surface area contributed by atoms with Gasteiger partial charge in [-0.15, -0.1) is 0 Å². The Balaban J connectivity index is 1.61. The molecule has 3 nitrogen and oxygen atoms in total. The average Bonchev–Trinajstić information content (AvgIpc) is 2.86. The molecule has 0 saturated carbocycles. The molecule has 4 heteroatoms. The lowest BCUT2D eigenvalue weighted by Crippen LogP contribution is -2.08. The van der Waals surface area contributed by atoms with E-state index in [-0.39, 0.29) is 11.5 Å². The maximum absolute atomic E-state index is 12.5. The molecule has 0 radical (unpaired) electrons. The molecule has 0 N–H and O–H groups in total. The van der Waals surface area contributed by atoms with Crippen LogP contribution in [0.1, 0.15) is 33.4 Å². The summed E-state index contributed by atoms with van der Waals surface area (Å²) in [6, 6.07) is 20.9. The van der Waals surface area contributed by atoms with Crippen molar-refractivity contribution in [3.05, 3.63) is 100 Å². The first-order valence-corrected chi connectivity index (χ1v) is 10.3. The summed E-state index contributed by atoms with van der Waals surface area (Å²) in [5.41, 5.74) is 6.53. The lowest BCUT2D eigenvalue weighted by Gasteiger charge is -2.12. The van der Waals surface area contributed by atoms with Gasteiger partial charge in [0.2, 0.25) is 0 Å². The molecule has 0 fully saturated rings. The maximum atomic E-state index is 12.5. The van der Waals surface area contributed by atoms with Gasteiger partial charge < -0.3 is 0 Å². The lowest BCUT2D eigenvalue weighted by atomic mass is 9.97. The van der Waals surface area contributed by atoms with Gasteiger partial charge in [0.05, 0.1) is 11.5 Å². The van der Waals surface area contributed by atoms with Crippen LogP contribution in [-0.2, 0) is 27.3 Å². The van der Waals surface area contributed by atoms with E-state index in [1.54, 1.807) is 24.3 Å². The Hall–Kier alpha value is -2.69. The average molecular weight is 376 g/mol. The molecule has 136 valence electrons. The fraction of sp³-hybridized carbons (Fsp3) is 0.130. The molecular weight excluding hydrogens is 356 g/mol. The first-order chi connectivity index (χ1) is 13.0. The normalized spacial score (nSPS) is 12.9. The van der Waals surface area contributed by atoms with Crippen LogP contribution in [0.5, 0.6) is 0 Å². The number of aryl methyl sites for hydroxylation is 1. The summed E-state index contributed by atoms with van der Waals surface area (Å²) in [6.45, 7) is 1.93. The molecule has 1 aliphatic carbocycles. The molecule has 4 rings (SSSR count). The van der Waals surface area contributed by atoms with Crippen molar-refractivity contribution in [2.24, 2.45) is 0 Å². The molecule has 0 saturated heterocycles. The van der Waals surface area contributed by atoms with Crippen LogP contribution in [0.25, 0.3) is 12.2 Å². The van der Waals surface area contributed by atoms with Gasteiger partial charge >= 0.3 is 0 Å². The van der Waals surface area contributed by atoms with E-state index in [9.17, 15) is 8.42 Å². The van der Waals surface area contributed by atoms with Crippen molar-refractivity contribution in [2.45, 2.75) is 24.8 Å². The summed E-state index contributed by atoms with van der Waals surface area (Å²) in [5, 5.41) is 0. The van der Waals surface area contributed by atoms with Gasteiger partial charge in [0.1, 0.15) is 0 Å². The number of hydrogen-bond donors (Lipinski definition) is 0. The smallest absolute Gasteiger partial charge is 0.262 e. The molecule has 27 heavy (non-hydrogen) atoms. The van der Waals surface area contributed by atoms with Crippen LogP contribution in [0.4, 0.5) is 0 Å². The molecule has 0 unspecified atom stereocenters. The molecule has 0 aromatic heterocycles. The number of fused-ring (bicyclic) bond motifs is 2. The molecule has 0 bridgehead atoms. The van der Waals surface area contributed by atoms with Gasteiger partial charge in [0, 0.05) is 0 Å². The third kappa shape index (κ3) is 3.72. The van der Waals surface area contributed by atoms with Crippen molar-refractivity contribution in [1.29, 1.82) is 0 Å². The Kier molecular flexibility index (Phi) is 4.68.